The molecule has 0 spiro atoms. The fourth-order valence-electron chi connectivity index (χ4n) is 8.31. The van der Waals surface area contributed by atoms with Gasteiger partial charge in [-0.25, -0.2) is 0 Å². The Kier molecular flexibility index (Phi) is 46.6. The molecule has 0 fully saturated rings. The maximum Gasteiger partial charge on any atom is 0.306 e. The van der Waals surface area contributed by atoms with Crippen molar-refractivity contribution in [2.24, 2.45) is 11.8 Å². The van der Waals surface area contributed by atoms with Gasteiger partial charge in [0.2, 0.25) is 0 Å². The number of unbranched alkanes of at least 4 members (excludes halogenated alkanes) is 33. The molecule has 0 heterocycles. The predicted octanol–water partition coefficient (Wildman–Crippen LogP) is 17.7. The second-order valence-corrected chi connectivity index (χ2v) is 19.6. The Morgan fingerprint density at radius 3 is 0.934 bits per heavy atom. The van der Waals surface area contributed by atoms with E-state index in [0.29, 0.717) is 19.3 Å². The van der Waals surface area contributed by atoms with E-state index in [4.69, 9.17) is 14.2 Å². The van der Waals surface area contributed by atoms with E-state index < -0.39 is 6.10 Å². The first-order valence-electron chi connectivity index (χ1n) is 27.3. The normalized spacial score (nSPS) is 12.5. The van der Waals surface area contributed by atoms with Crippen molar-refractivity contribution < 1.29 is 28.6 Å². The average Bonchev–Trinajstić information content (AvgIpc) is 3.24. The molecule has 0 saturated carbocycles. The summed E-state index contributed by atoms with van der Waals surface area (Å²) in [6.45, 7) is 11.4. The molecule has 0 bridgehead atoms. The first-order chi connectivity index (χ1) is 29.8. The molecule has 0 rings (SSSR count). The standard InChI is InChI=1S/C55H106O6/c1-6-8-9-10-11-12-13-14-18-22-25-32-37-42-47-55(58)61-52(49-60-54(57)46-41-36-31-27-26-28-33-38-43-50(3)4)48-59-53(56)45-40-35-30-24-21-19-16-15-17-20-23-29-34-39-44-51(5)7-2/h50-52H,6-49H2,1-5H3/t51?,52-/m1/s1. The van der Waals surface area contributed by atoms with E-state index in [9.17, 15) is 14.4 Å². The van der Waals surface area contributed by atoms with Crippen molar-refractivity contribution in [2.45, 2.75) is 310 Å². The van der Waals surface area contributed by atoms with Gasteiger partial charge >= 0.3 is 17.9 Å². The quantitative estimate of drug-likeness (QED) is 0.0344. The van der Waals surface area contributed by atoms with Crippen molar-refractivity contribution in [3.8, 4) is 0 Å². The van der Waals surface area contributed by atoms with Crippen LogP contribution in [0.1, 0.15) is 304 Å². The molecule has 362 valence electrons. The molecular formula is C55H106O6. The van der Waals surface area contributed by atoms with E-state index >= 15 is 0 Å². The summed E-state index contributed by atoms with van der Waals surface area (Å²) in [5.74, 6) is 0.846. The van der Waals surface area contributed by atoms with Crippen LogP contribution in [0.4, 0.5) is 0 Å². The van der Waals surface area contributed by atoms with Crippen LogP contribution in [0, 0.1) is 11.8 Å². The molecule has 0 N–H and O–H groups in total. The third-order valence-electron chi connectivity index (χ3n) is 12.8. The van der Waals surface area contributed by atoms with Gasteiger partial charge in [-0.05, 0) is 31.1 Å². The van der Waals surface area contributed by atoms with Crippen LogP contribution in [0.25, 0.3) is 0 Å². The lowest BCUT2D eigenvalue weighted by Crippen LogP contribution is -2.30. The van der Waals surface area contributed by atoms with Crippen LogP contribution in [-0.2, 0) is 28.6 Å². The summed E-state index contributed by atoms with van der Waals surface area (Å²) in [5.41, 5.74) is 0. The van der Waals surface area contributed by atoms with E-state index in [1.807, 2.05) is 0 Å². The van der Waals surface area contributed by atoms with Gasteiger partial charge in [0.05, 0.1) is 0 Å². The molecule has 0 aliphatic heterocycles. The number of rotatable bonds is 49. The van der Waals surface area contributed by atoms with Crippen LogP contribution >= 0.6 is 0 Å². The maximum absolute atomic E-state index is 12.8. The molecule has 0 aromatic carbocycles. The minimum absolute atomic E-state index is 0.0635. The predicted molar refractivity (Wildman–Crippen MR) is 261 cm³/mol. The van der Waals surface area contributed by atoms with Crippen molar-refractivity contribution in [1.29, 1.82) is 0 Å². The zero-order chi connectivity index (χ0) is 44.7. The Morgan fingerprint density at radius 1 is 0.344 bits per heavy atom. The van der Waals surface area contributed by atoms with E-state index in [-0.39, 0.29) is 31.1 Å². The summed E-state index contributed by atoms with van der Waals surface area (Å²) in [4.78, 5) is 38.0. The molecular weight excluding hydrogens is 757 g/mol. The molecule has 0 radical (unpaired) electrons. The second-order valence-electron chi connectivity index (χ2n) is 19.6. The summed E-state index contributed by atoms with van der Waals surface area (Å²) >= 11 is 0. The molecule has 0 aliphatic carbocycles. The van der Waals surface area contributed by atoms with Crippen LogP contribution < -0.4 is 0 Å². The van der Waals surface area contributed by atoms with E-state index in [1.54, 1.807) is 0 Å². The maximum atomic E-state index is 12.8. The topological polar surface area (TPSA) is 78.9 Å². The van der Waals surface area contributed by atoms with Crippen molar-refractivity contribution in [2.75, 3.05) is 13.2 Å². The molecule has 2 atom stereocenters. The molecule has 0 saturated heterocycles. The van der Waals surface area contributed by atoms with Crippen LogP contribution in [0.15, 0.2) is 0 Å². The Balaban J connectivity index is 4.28. The van der Waals surface area contributed by atoms with Gasteiger partial charge in [0.25, 0.3) is 0 Å². The molecule has 61 heavy (non-hydrogen) atoms. The fourth-order valence-corrected chi connectivity index (χ4v) is 8.31. The fraction of sp³-hybridized carbons (Fsp3) is 0.945. The summed E-state index contributed by atoms with van der Waals surface area (Å²) in [7, 11) is 0. The lowest BCUT2D eigenvalue weighted by Gasteiger charge is -2.18. The van der Waals surface area contributed by atoms with Gasteiger partial charge in [-0.1, -0.05) is 266 Å². The second kappa shape index (κ2) is 47.9. The minimum atomic E-state index is -0.762. The zero-order valence-electron chi connectivity index (χ0n) is 41.8. The van der Waals surface area contributed by atoms with Crippen LogP contribution in [0.5, 0.6) is 0 Å². The van der Waals surface area contributed by atoms with Gasteiger partial charge in [0.15, 0.2) is 6.10 Å². The summed E-state index contributed by atoms with van der Waals surface area (Å²) in [6, 6.07) is 0. The van der Waals surface area contributed by atoms with E-state index in [2.05, 4.69) is 34.6 Å². The van der Waals surface area contributed by atoms with Crippen LogP contribution in [0.3, 0.4) is 0 Å². The van der Waals surface area contributed by atoms with Crippen molar-refractivity contribution >= 4 is 17.9 Å². The number of hydrogen-bond donors (Lipinski definition) is 0. The van der Waals surface area contributed by atoms with E-state index in [1.165, 1.54) is 193 Å². The third kappa shape index (κ3) is 47.7. The molecule has 6 heteroatoms. The Labute approximate surface area is 380 Å². The first-order valence-corrected chi connectivity index (χ1v) is 27.3. The lowest BCUT2D eigenvalue weighted by atomic mass is 9.99. The first kappa shape index (κ1) is 59.4. The average molecular weight is 863 g/mol. The number of ether oxygens (including phenoxy) is 3. The Hall–Kier alpha value is -1.59. The molecule has 0 aromatic heterocycles. The van der Waals surface area contributed by atoms with Gasteiger partial charge in [0, 0.05) is 19.3 Å². The third-order valence-corrected chi connectivity index (χ3v) is 12.8. The lowest BCUT2D eigenvalue weighted by molar-refractivity contribution is -0.167. The molecule has 0 aliphatic rings. The highest BCUT2D eigenvalue weighted by atomic mass is 16.6. The van der Waals surface area contributed by atoms with Gasteiger partial charge in [-0.15, -0.1) is 0 Å². The molecule has 6 nitrogen and oxygen atoms in total. The number of esters is 3. The van der Waals surface area contributed by atoms with Crippen LogP contribution in [-0.4, -0.2) is 37.2 Å². The Morgan fingerprint density at radius 2 is 0.623 bits per heavy atom. The number of carbonyl (C=O) groups excluding carboxylic acids is 3. The molecule has 0 aromatic rings. The largest absolute Gasteiger partial charge is 0.462 e. The summed E-state index contributed by atoms with van der Waals surface area (Å²) in [5, 5.41) is 0. The number of hydrogen-bond acceptors (Lipinski definition) is 6. The van der Waals surface area contributed by atoms with Crippen molar-refractivity contribution in [3.05, 3.63) is 0 Å². The monoisotopic (exact) mass is 863 g/mol. The van der Waals surface area contributed by atoms with Crippen molar-refractivity contribution in [3.63, 3.8) is 0 Å². The van der Waals surface area contributed by atoms with Gasteiger partial charge in [-0.3, -0.25) is 14.4 Å². The van der Waals surface area contributed by atoms with Gasteiger partial charge < -0.3 is 14.2 Å². The highest BCUT2D eigenvalue weighted by molar-refractivity contribution is 5.71. The van der Waals surface area contributed by atoms with Gasteiger partial charge in [0.1, 0.15) is 13.2 Å². The van der Waals surface area contributed by atoms with Gasteiger partial charge in [-0.2, -0.15) is 0 Å². The van der Waals surface area contributed by atoms with Crippen LogP contribution in [0.2, 0.25) is 0 Å². The SMILES string of the molecule is CCCCCCCCCCCCCCCCC(=O)O[C@H](COC(=O)CCCCCCCCCCCCCCCCC(C)CC)COC(=O)CCCCCCCCCCC(C)C. The highest BCUT2D eigenvalue weighted by Crippen LogP contribution is 2.18. The minimum Gasteiger partial charge on any atom is -0.462 e. The van der Waals surface area contributed by atoms with Crippen molar-refractivity contribution in [1.82, 2.24) is 0 Å². The highest BCUT2D eigenvalue weighted by Gasteiger charge is 2.19. The molecule has 0 amide bonds. The number of carbonyl (C=O) groups is 3. The smallest absolute Gasteiger partial charge is 0.306 e. The Bertz CT molecular complexity index is 933. The molecule has 1 unspecified atom stereocenters. The summed E-state index contributed by atoms with van der Waals surface area (Å²) < 4.78 is 16.8. The zero-order valence-corrected chi connectivity index (χ0v) is 41.8. The van der Waals surface area contributed by atoms with E-state index in [0.717, 1.165) is 69.6 Å². The summed E-state index contributed by atoms with van der Waals surface area (Å²) in [6.07, 6.45) is 49.4.